The Morgan fingerprint density at radius 1 is 1.53 bits per heavy atom. The van der Waals surface area contributed by atoms with Gasteiger partial charge in [-0.2, -0.15) is 4.31 Å². The van der Waals surface area contributed by atoms with Crippen molar-refractivity contribution in [3.05, 3.63) is 23.5 Å². The summed E-state index contributed by atoms with van der Waals surface area (Å²) in [5.74, 6) is 0.204. The molecule has 1 aromatic heterocycles. The summed E-state index contributed by atoms with van der Waals surface area (Å²) in [4.78, 5) is 3.98. The molecule has 2 rings (SSSR count). The Bertz CT molecular complexity index is 548. The summed E-state index contributed by atoms with van der Waals surface area (Å²) in [6.45, 7) is 2.91. The highest BCUT2D eigenvalue weighted by Crippen LogP contribution is 2.25. The highest BCUT2D eigenvalue weighted by molar-refractivity contribution is 7.89. The van der Waals surface area contributed by atoms with Gasteiger partial charge in [0.05, 0.1) is 5.02 Å². The zero-order chi connectivity index (χ0) is 14.0. The number of hydrogen-bond donors (Lipinski definition) is 1. The number of halogens is 1. The molecule has 5 nitrogen and oxygen atoms in total. The molecule has 1 saturated heterocycles. The normalized spacial score (nSPS) is 23.2. The van der Waals surface area contributed by atoms with E-state index in [2.05, 4.69) is 4.98 Å². The highest BCUT2D eigenvalue weighted by Gasteiger charge is 2.31. The van der Waals surface area contributed by atoms with Crippen LogP contribution >= 0.6 is 11.6 Å². The van der Waals surface area contributed by atoms with E-state index in [1.54, 1.807) is 0 Å². The fourth-order valence-corrected chi connectivity index (χ4v) is 4.07. The van der Waals surface area contributed by atoms with Crippen molar-refractivity contribution in [3.63, 3.8) is 0 Å². The zero-order valence-corrected chi connectivity index (χ0v) is 12.4. The van der Waals surface area contributed by atoms with E-state index in [0.29, 0.717) is 18.1 Å². The van der Waals surface area contributed by atoms with Crippen molar-refractivity contribution in [1.82, 2.24) is 9.29 Å². The van der Waals surface area contributed by atoms with Gasteiger partial charge in [0.1, 0.15) is 4.90 Å². The molecule has 2 N–H and O–H groups in total. The second-order valence-corrected chi connectivity index (χ2v) is 7.34. The molecule has 1 fully saturated rings. The molecule has 0 radical (unpaired) electrons. The standard InChI is InChI=1S/C12H18ClN3O2S/c1-9(14)10-3-2-4-16(8-10)19(17,18)12-5-11(13)6-15-7-12/h5-7,9-10H,2-4,8,14H2,1H3. The number of nitrogens with zero attached hydrogens (tertiary/aromatic N) is 2. The van der Waals surface area contributed by atoms with Gasteiger partial charge >= 0.3 is 0 Å². The fourth-order valence-electron chi connectivity index (χ4n) is 2.30. The van der Waals surface area contributed by atoms with Crippen molar-refractivity contribution in [1.29, 1.82) is 0 Å². The molecule has 1 aromatic rings. The average molecular weight is 304 g/mol. The van der Waals surface area contributed by atoms with E-state index in [0.717, 1.165) is 12.8 Å². The number of pyridine rings is 1. The van der Waals surface area contributed by atoms with Crippen LogP contribution in [-0.2, 0) is 10.0 Å². The van der Waals surface area contributed by atoms with Gasteiger partial charge in [0.2, 0.25) is 10.0 Å². The summed E-state index contributed by atoms with van der Waals surface area (Å²) in [6.07, 6.45) is 4.55. The molecule has 2 heterocycles. The SMILES string of the molecule is CC(N)C1CCCN(S(=O)(=O)c2cncc(Cl)c2)C1. The number of hydrogen-bond acceptors (Lipinski definition) is 4. The maximum Gasteiger partial charge on any atom is 0.244 e. The molecule has 0 aromatic carbocycles. The zero-order valence-electron chi connectivity index (χ0n) is 10.8. The molecule has 1 aliphatic rings. The first-order valence-electron chi connectivity index (χ1n) is 6.27. The first-order valence-corrected chi connectivity index (χ1v) is 8.09. The third-order valence-electron chi connectivity index (χ3n) is 3.48. The van der Waals surface area contributed by atoms with E-state index in [1.807, 2.05) is 6.92 Å². The molecule has 2 unspecified atom stereocenters. The van der Waals surface area contributed by atoms with E-state index in [-0.39, 0.29) is 16.9 Å². The van der Waals surface area contributed by atoms with Crippen LogP contribution in [0.1, 0.15) is 19.8 Å². The van der Waals surface area contributed by atoms with Gasteiger partial charge in [0.15, 0.2) is 0 Å². The third kappa shape index (κ3) is 3.25. The Kier molecular flexibility index (Phi) is 4.45. The number of nitrogens with two attached hydrogens (primary N) is 1. The second kappa shape index (κ2) is 5.75. The average Bonchev–Trinajstić information content (AvgIpc) is 2.39. The molecular weight excluding hydrogens is 286 g/mol. The quantitative estimate of drug-likeness (QED) is 0.917. The smallest absolute Gasteiger partial charge is 0.244 e. The van der Waals surface area contributed by atoms with Gasteiger partial charge < -0.3 is 5.73 Å². The molecular formula is C12H18ClN3O2S. The molecule has 0 bridgehead atoms. The summed E-state index contributed by atoms with van der Waals surface area (Å²) in [5.41, 5.74) is 5.88. The Labute approximate surface area is 118 Å². The van der Waals surface area contributed by atoms with Crippen molar-refractivity contribution in [2.45, 2.75) is 30.7 Å². The first kappa shape index (κ1) is 14.7. The number of piperidine rings is 1. The number of sulfonamides is 1. The van der Waals surface area contributed by atoms with Crippen LogP contribution in [0.3, 0.4) is 0 Å². The minimum atomic E-state index is -3.52. The third-order valence-corrected chi connectivity index (χ3v) is 5.52. The molecule has 7 heteroatoms. The lowest BCUT2D eigenvalue weighted by atomic mass is 9.93. The predicted octanol–water partition coefficient (Wildman–Crippen LogP) is 1.48. The van der Waals surface area contributed by atoms with Crippen molar-refractivity contribution < 1.29 is 8.42 Å². The van der Waals surface area contributed by atoms with E-state index >= 15 is 0 Å². The Morgan fingerprint density at radius 3 is 2.89 bits per heavy atom. The fraction of sp³-hybridized carbons (Fsp3) is 0.583. The van der Waals surface area contributed by atoms with Gasteiger partial charge in [-0.05, 0) is 31.7 Å². The lowest BCUT2D eigenvalue weighted by Crippen LogP contribution is -2.44. The predicted molar refractivity (Wildman–Crippen MR) is 74.4 cm³/mol. The van der Waals surface area contributed by atoms with Crippen LogP contribution in [0.4, 0.5) is 0 Å². The van der Waals surface area contributed by atoms with E-state index in [9.17, 15) is 8.42 Å². The molecule has 0 spiro atoms. The van der Waals surface area contributed by atoms with Gasteiger partial charge in [-0.3, -0.25) is 4.98 Å². The van der Waals surface area contributed by atoms with Crippen LogP contribution in [0, 0.1) is 5.92 Å². The van der Waals surface area contributed by atoms with Gasteiger partial charge in [0, 0.05) is 31.5 Å². The molecule has 1 aliphatic heterocycles. The van der Waals surface area contributed by atoms with Crippen molar-refractivity contribution in [3.8, 4) is 0 Å². The minimum absolute atomic E-state index is 0.00418. The number of aromatic nitrogens is 1. The van der Waals surface area contributed by atoms with E-state index < -0.39 is 10.0 Å². The van der Waals surface area contributed by atoms with Crippen LogP contribution in [-0.4, -0.2) is 36.8 Å². The van der Waals surface area contributed by atoms with Gasteiger partial charge in [-0.15, -0.1) is 0 Å². The van der Waals surface area contributed by atoms with E-state index in [1.165, 1.54) is 22.8 Å². The van der Waals surface area contributed by atoms with Crippen LogP contribution in [0.15, 0.2) is 23.4 Å². The number of rotatable bonds is 3. The van der Waals surface area contributed by atoms with Crippen LogP contribution in [0.2, 0.25) is 5.02 Å². The van der Waals surface area contributed by atoms with Crippen molar-refractivity contribution in [2.75, 3.05) is 13.1 Å². The summed E-state index contributed by atoms with van der Waals surface area (Å²) < 4.78 is 26.5. The summed E-state index contributed by atoms with van der Waals surface area (Å²) >= 11 is 5.80. The first-order chi connectivity index (χ1) is 8.91. The molecule has 19 heavy (non-hydrogen) atoms. The molecule has 106 valence electrons. The maximum atomic E-state index is 12.5. The molecule has 0 aliphatic carbocycles. The Morgan fingerprint density at radius 2 is 2.26 bits per heavy atom. The van der Waals surface area contributed by atoms with Crippen LogP contribution < -0.4 is 5.73 Å². The summed E-state index contributed by atoms with van der Waals surface area (Å²) in [7, 11) is -3.52. The topological polar surface area (TPSA) is 76.3 Å². The highest BCUT2D eigenvalue weighted by atomic mass is 35.5. The second-order valence-electron chi connectivity index (χ2n) is 4.96. The maximum absolute atomic E-state index is 12.5. The van der Waals surface area contributed by atoms with E-state index in [4.69, 9.17) is 17.3 Å². The summed E-state index contributed by atoms with van der Waals surface area (Å²) in [5, 5.41) is 0.321. The largest absolute Gasteiger partial charge is 0.328 e. The molecule has 0 amide bonds. The lowest BCUT2D eigenvalue weighted by molar-refractivity contribution is 0.243. The Hall–Kier alpha value is -0.690. The summed E-state index contributed by atoms with van der Waals surface area (Å²) in [6, 6.07) is 1.43. The van der Waals surface area contributed by atoms with Crippen molar-refractivity contribution in [2.24, 2.45) is 11.7 Å². The molecule has 0 saturated carbocycles. The Balaban J connectivity index is 2.24. The van der Waals surface area contributed by atoms with Crippen LogP contribution in [0.25, 0.3) is 0 Å². The van der Waals surface area contributed by atoms with Gasteiger partial charge in [-0.1, -0.05) is 11.6 Å². The van der Waals surface area contributed by atoms with Crippen LogP contribution in [0.5, 0.6) is 0 Å². The monoisotopic (exact) mass is 303 g/mol. The van der Waals surface area contributed by atoms with Gasteiger partial charge in [0.25, 0.3) is 0 Å². The molecule has 2 atom stereocenters. The lowest BCUT2D eigenvalue weighted by Gasteiger charge is -2.33. The van der Waals surface area contributed by atoms with Gasteiger partial charge in [-0.25, -0.2) is 8.42 Å². The van der Waals surface area contributed by atoms with Crippen molar-refractivity contribution >= 4 is 21.6 Å². The minimum Gasteiger partial charge on any atom is -0.328 e.